The van der Waals surface area contributed by atoms with Gasteiger partial charge in [0.25, 0.3) is 0 Å². The molecule has 0 aromatic carbocycles. The van der Waals surface area contributed by atoms with Gasteiger partial charge in [0.1, 0.15) is 6.10 Å². The van der Waals surface area contributed by atoms with Crippen LogP contribution in [-0.2, 0) is 9.53 Å². The fourth-order valence-corrected chi connectivity index (χ4v) is 2.51. The first-order chi connectivity index (χ1) is 6.01. The summed E-state index contributed by atoms with van der Waals surface area (Å²) in [5.41, 5.74) is -1.23. The number of aliphatic hydroxyl groups is 1. The minimum atomic E-state index is -1.23. The standard InChI is InChI=1S/C10H16O3/c1-6-3-4-7-8(5-6)13-9(11)10(7,2)12/h6-8,12H,3-5H2,1-2H3/t6-,7-,8-,10?/m1/s1. The Kier molecular flexibility index (Phi) is 1.88. The van der Waals surface area contributed by atoms with E-state index >= 15 is 0 Å². The maximum absolute atomic E-state index is 11.3. The molecule has 3 nitrogen and oxygen atoms in total. The summed E-state index contributed by atoms with van der Waals surface area (Å²) in [4.78, 5) is 11.3. The third-order valence-corrected chi connectivity index (χ3v) is 3.45. The molecular formula is C10H16O3. The van der Waals surface area contributed by atoms with Crippen LogP contribution in [0, 0.1) is 11.8 Å². The number of carbonyl (C=O) groups excluding carboxylic acids is 1. The summed E-state index contributed by atoms with van der Waals surface area (Å²) >= 11 is 0. The van der Waals surface area contributed by atoms with Gasteiger partial charge in [-0.1, -0.05) is 13.3 Å². The van der Waals surface area contributed by atoms with Crippen LogP contribution in [0.3, 0.4) is 0 Å². The Bertz CT molecular complexity index is 234. The summed E-state index contributed by atoms with van der Waals surface area (Å²) in [5.74, 6) is 0.204. The highest BCUT2D eigenvalue weighted by Crippen LogP contribution is 2.42. The number of ether oxygens (including phenoxy) is 1. The molecule has 1 unspecified atom stereocenters. The van der Waals surface area contributed by atoms with Crippen LogP contribution in [0.2, 0.25) is 0 Å². The van der Waals surface area contributed by atoms with Gasteiger partial charge < -0.3 is 9.84 Å². The van der Waals surface area contributed by atoms with Gasteiger partial charge in [0.05, 0.1) is 0 Å². The van der Waals surface area contributed by atoms with Gasteiger partial charge in [-0.25, -0.2) is 4.79 Å². The molecule has 1 N–H and O–H groups in total. The first-order valence-corrected chi connectivity index (χ1v) is 4.95. The average molecular weight is 184 g/mol. The van der Waals surface area contributed by atoms with Crippen LogP contribution in [0.5, 0.6) is 0 Å². The Labute approximate surface area is 78.1 Å². The second-order valence-corrected chi connectivity index (χ2v) is 4.62. The number of carbonyl (C=O) groups is 1. The highest BCUT2D eigenvalue weighted by molar-refractivity contribution is 5.81. The van der Waals surface area contributed by atoms with E-state index in [4.69, 9.17) is 4.74 Å². The number of fused-ring (bicyclic) bond motifs is 1. The number of esters is 1. The van der Waals surface area contributed by atoms with E-state index in [1.807, 2.05) is 0 Å². The molecule has 13 heavy (non-hydrogen) atoms. The summed E-state index contributed by atoms with van der Waals surface area (Å²) in [6, 6.07) is 0. The Hall–Kier alpha value is -0.570. The van der Waals surface area contributed by atoms with Gasteiger partial charge >= 0.3 is 5.97 Å². The minimum absolute atomic E-state index is 0.0243. The summed E-state index contributed by atoms with van der Waals surface area (Å²) in [6.07, 6.45) is 2.87. The fourth-order valence-electron chi connectivity index (χ4n) is 2.51. The van der Waals surface area contributed by atoms with Crippen molar-refractivity contribution in [3.63, 3.8) is 0 Å². The van der Waals surface area contributed by atoms with Gasteiger partial charge in [0, 0.05) is 5.92 Å². The highest BCUT2D eigenvalue weighted by Gasteiger charge is 2.54. The maximum Gasteiger partial charge on any atom is 0.338 e. The molecule has 2 fully saturated rings. The van der Waals surface area contributed by atoms with Gasteiger partial charge in [0.2, 0.25) is 0 Å². The molecule has 4 atom stereocenters. The van der Waals surface area contributed by atoms with Gasteiger partial charge in [0.15, 0.2) is 5.60 Å². The molecule has 0 amide bonds. The summed E-state index contributed by atoms with van der Waals surface area (Å²) < 4.78 is 5.16. The first kappa shape index (κ1) is 9.00. The van der Waals surface area contributed by atoms with E-state index in [0.717, 1.165) is 19.3 Å². The van der Waals surface area contributed by atoms with Gasteiger partial charge in [-0.3, -0.25) is 0 Å². The average Bonchev–Trinajstić information content (AvgIpc) is 2.23. The smallest absolute Gasteiger partial charge is 0.338 e. The number of rotatable bonds is 0. The third kappa shape index (κ3) is 1.26. The first-order valence-electron chi connectivity index (χ1n) is 4.95. The molecule has 1 aliphatic heterocycles. The lowest BCUT2D eigenvalue weighted by molar-refractivity contribution is -0.154. The monoisotopic (exact) mass is 184 g/mol. The van der Waals surface area contributed by atoms with Crippen molar-refractivity contribution in [2.75, 3.05) is 0 Å². The van der Waals surface area contributed by atoms with E-state index in [0.29, 0.717) is 5.92 Å². The highest BCUT2D eigenvalue weighted by atomic mass is 16.6. The molecule has 0 aromatic rings. The van der Waals surface area contributed by atoms with Crippen LogP contribution in [0.25, 0.3) is 0 Å². The van der Waals surface area contributed by atoms with E-state index in [1.54, 1.807) is 6.92 Å². The van der Waals surface area contributed by atoms with Crippen molar-refractivity contribution >= 4 is 5.97 Å². The lowest BCUT2D eigenvalue weighted by atomic mass is 9.75. The Morgan fingerprint density at radius 1 is 1.54 bits per heavy atom. The fraction of sp³-hybridized carbons (Fsp3) is 0.900. The van der Waals surface area contributed by atoms with Crippen molar-refractivity contribution in [3.05, 3.63) is 0 Å². The van der Waals surface area contributed by atoms with Crippen LogP contribution < -0.4 is 0 Å². The summed E-state index contributed by atoms with van der Waals surface area (Å²) in [5, 5.41) is 9.87. The van der Waals surface area contributed by atoms with Crippen LogP contribution in [0.1, 0.15) is 33.1 Å². The van der Waals surface area contributed by atoms with E-state index in [2.05, 4.69) is 6.92 Å². The molecule has 1 saturated heterocycles. The van der Waals surface area contributed by atoms with Crippen LogP contribution in [-0.4, -0.2) is 22.8 Å². The molecule has 2 rings (SSSR count). The molecule has 3 heteroatoms. The lowest BCUT2D eigenvalue weighted by Crippen LogP contribution is -2.40. The van der Waals surface area contributed by atoms with E-state index in [1.165, 1.54) is 0 Å². The second kappa shape index (κ2) is 2.71. The quantitative estimate of drug-likeness (QED) is 0.573. The van der Waals surface area contributed by atoms with Gasteiger partial charge in [-0.2, -0.15) is 0 Å². The number of hydrogen-bond acceptors (Lipinski definition) is 3. The molecule has 0 bridgehead atoms. The van der Waals surface area contributed by atoms with Crippen molar-refractivity contribution in [1.82, 2.24) is 0 Å². The van der Waals surface area contributed by atoms with E-state index in [-0.39, 0.29) is 12.0 Å². The molecule has 0 aromatic heterocycles. The normalized spacial score (nSPS) is 50.1. The third-order valence-electron chi connectivity index (χ3n) is 3.45. The van der Waals surface area contributed by atoms with Crippen LogP contribution in [0.4, 0.5) is 0 Å². The van der Waals surface area contributed by atoms with Crippen molar-refractivity contribution in [2.45, 2.75) is 44.8 Å². The summed E-state index contributed by atoms with van der Waals surface area (Å²) in [7, 11) is 0. The summed E-state index contributed by atoms with van der Waals surface area (Å²) in [6.45, 7) is 3.74. The maximum atomic E-state index is 11.3. The Balaban J connectivity index is 2.18. The Morgan fingerprint density at radius 2 is 2.23 bits per heavy atom. The zero-order chi connectivity index (χ0) is 9.64. The van der Waals surface area contributed by atoms with Crippen LogP contribution >= 0.6 is 0 Å². The molecule has 0 spiro atoms. The SMILES string of the molecule is C[C@@H]1CC[C@@H]2[C@@H](C1)OC(=O)C2(C)O. The molecule has 74 valence electrons. The second-order valence-electron chi connectivity index (χ2n) is 4.62. The van der Waals surface area contributed by atoms with E-state index < -0.39 is 11.6 Å². The van der Waals surface area contributed by atoms with Gasteiger partial charge in [-0.15, -0.1) is 0 Å². The predicted molar refractivity (Wildman–Crippen MR) is 47.0 cm³/mol. The van der Waals surface area contributed by atoms with Gasteiger partial charge in [-0.05, 0) is 25.7 Å². The predicted octanol–water partition coefficient (Wildman–Crippen LogP) is 1.10. The van der Waals surface area contributed by atoms with E-state index in [9.17, 15) is 9.90 Å². The molecular weight excluding hydrogens is 168 g/mol. The van der Waals surface area contributed by atoms with Crippen molar-refractivity contribution in [2.24, 2.45) is 11.8 Å². The topological polar surface area (TPSA) is 46.5 Å². The van der Waals surface area contributed by atoms with Crippen molar-refractivity contribution in [3.8, 4) is 0 Å². The zero-order valence-electron chi connectivity index (χ0n) is 8.12. The molecule has 1 saturated carbocycles. The van der Waals surface area contributed by atoms with Crippen molar-refractivity contribution in [1.29, 1.82) is 0 Å². The largest absolute Gasteiger partial charge is 0.460 e. The molecule has 1 aliphatic carbocycles. The zero-order valence-corrected chi connectivity index (χ0v) is 8.12. The Morgan fingerprint density at radius 3 is 2.92 bits per heavy atom. The minimum Gasteiger partial charge on any atom is -0.460 e. The number of hydrogen-bond donors (Lipinski definition) is 1. The molecule has 2 aliphatic rings. The molecule has 1 heterocycles. The molecule has 0 radical (unpaired) electrons. The van der Waals surface area contributed by atoms with Crippen LogP contribution in [0.15, 0.2) is 0 Å². The lowest BCUT2D eigenvalue weighted by Gasteiger charge is -2.31. The van der Waals surface area contributed by atoms with Crippen molar-refractivity contribution < 1.29 is 14.6 Å².